The zero-order chi connectivity index (χ0) is 27.9. The van der Waals surface area contributed by atoms with Crippen LogP contribution in [0.5, 0.6) is 0 Å². The maximum atomic E-state index is 12.3. The number of nitrogens with one attached hydrogen (secondary N) is 2. The first-order valence-electron chi connectivity index (χ1n) is 13.2. The van der Waals surface area contributed by atoms with Gasteiger partial charge < -0.3 is 30.3 Å². The van der Waals surface area contributed by atoms with Gasteiger partial charge in [-0.25, -0.2) is 9.97 Å². The summed E-state index contributed by atoms with van der Waals surface area (Å²) in [6.45, 7) is 2.73. The Hall–Kier alpha value is -4.38. The molecule has 1 unspecified atom stereocenters. The van der Waals surface area contributed by atoms with E-state index in [1.807, 2.05) is 73.6 Å². The first kappa shape index (κ1) is 27.2. The van der Waals surface area contributed by atoms with Crippen molar-refractivity contribution in [3.05, 3.63) is 79.1 Å². The number of likely N-dealkylation sites (N-methyl/N-ethyl adjacent to an activating group) is 1. The Bertz CT molecular complexity index is 1490. The highest BCUT2D eigenvalue weighted by Gasteiger charge is 2.20. The first-order chi connectivity index (χ1) is 19.5. The van der Waals surface area contributed by atoms with Crippen LogP contribution < -0.4 is 15.5 Å². The number of pyridine rings is 1. The van der Waals surface area contributed by atoms with Crippen LogP contribution in [0.1, 0.15) is 0 Å². The van der Waals surface area contributed by atoms with E-state index < -0.39 is 0 Å². The number of carbonyl (C=O) groups is 1. The number of aromatic nitrogens is 3. The Labute approximate surface area is 233 Å². The average molecular weight is 540 g/mol. The number of aliphatic hydroxyl groups excluding tert-OH is 1. The fourth-order valence-corrected chi connectivity index (χ4v) is 4.48. The largest absolute Gasteiger partial charge is 0.394 e. The van der Waals surface area contributed by atoms with Gasteiger partial charge in [0, 0.05) is 66.1 Å². The Kier molecular flexibility index (Phi) is 8.60. The van der Waals surface area contributed by atoms with Gasteiger partial charge in [-0.3, -0.25) is 9.78 Å². The summed E-state index contributed by atoms with van der Waals surface area (Å²) in [5.74, 6) is 0.272. The molecule has 1 fully saturated rings. The monoisotopic (exact) mass is 539 g/mol. The molecule has 1 saturated heterocycles. The van der Waals surface area contributed by atoms with Crippen molar-refractivity contribution >= 4 is 39.8 Å². The molecular weight excluding hydrogens is 506 g/mol. The lowest BCUT2D eigenvalue weighted by Crippen LogP contribution is -2.44. The molecule has 3 heterocycles. The van der Waals surface area contributed by atoms with E-state index >= 15 is 0 Å². The Morgan fingerprint density at radius 3 is 2.80 bits per heavy atom. The Morgan fingerprint density at radius 2 is 2.00 bits per heavy atom. The summed E-state index contributed by atoms with van der Waals surface area (Å²) in [5, 5.41) is 16.5. The van der Waals surface area contributed by atoms with Gasteiger partial charge in [0.15, 0.2) is 0 Å². The van der Waals surface area contributed by atoms with Gasteiger partial charge in [-0.05, 0) is 50.5 Å². The molecule has 0 spiro atoms. The molecule has 206 valence electrons. The lowest BCUT2D eigenvalue weighted by atomic mass is 10.1. The zero-order valence-electron chi connectivity index (χ0n) is 22.6. The minimum atomic E-state index is -0.196. The summed E-state index contributed by atoms with van der Waals surface area (Å²) in [4.78, 5) is 30.4. The molecule has 1 atom stereocenters. The standard InChI is InChI=1S/C30H33N7O3/c1-36(2)14-4-7-28(39)33-23-12-13-31-27(17-23)26-6-3-5-21-18-32-30(35-29(21)26)34-22-8-10-24(11-9-22)37-15-16-40-25(19-37)20-38/h3-13,17-18,25,38H,14-16,19-20H2,1-2H3,(H,31,33,39)(H,32,34,35). The van der Waals surface area contributed by atoms with E-state index in [1.165, 1.54) is 6.08 Å². The fraction of sp³-hybridized carbons (Fsp3) is 0.267. The maximum Gasteiger partial charge on any atom is 0.248 e. The molecule has 2 aromatic heterocycles. The van der Waals surface area contributed by atoms with Crippen LogP contribution in [0.3, 0.4) is 0 Å². The van der Waals surface area contributed by atoms with Crippen LogP contribution >= 0.6 is 0 Å². The molecule has 0 aliphatic carbocycles. The van der Waals surface area contributed by atoms with Crippen LogP contribution in [-0.2, 0) is 9.53 Å². The van der Waals surface area contributed by atoms with Crippen LogP contribution in [0, 0.1) is 0 Å². The van der Waals surface area contributed by atoms with Gasteiger partial charge >= 0.3 is 0 Å². The van der Waals surface area contributed by atoms with E-state index in [-0.39, 0.29) is 18.6 Å². The summed E-state index contributed by atoms with van der Waals surface area (Å²) in [6, 6.07) is 17.5. The van der Waals surface area contributed by atoms with E-state index in [4.69, 9.17) is 9.72 Å². The summed E-state index contributed by atoms with van der Waals surface area (Å²) in [7, 11) is 3.89. The third-order valence-corrected chi connectivity index (χ3v) is 6.49. The van der Waals surface area contributed by atoms with E-state index in [1.54, 1.807) is 18.5 Å². The van der Waals surface area contributed by atoms with Crippen molar-refractivity contribution in [1.29, 1.82) is 0 Å². The Morgan fingerprint density at radius 1 is 1.15 bits per heavy atom. The van der Waals surface area contributed by atoms with Gasteiger partial charge in [-0.15, -0.1) is 0 Å². The van der Waals surface area contributed by atoms with E-state index in [9.17, 15) is 9.90 Å². The minimum Gasteiger partial charge on any atom is -0.394 e. The molecule has 3 N–H and O–H groups in total. The van der Waals surface area contributed by atoms with Gasteiger partial charge in [0.05, 0.1) is 30.5 Å². The van der Waals surface area contributed by atoms with Crippen molar-refractivity contribution in [2.75, 3.05) is 62.5 Å². The van der Waals surface area contributed by atoms with Gasteiger partial charge in [0.25, 0.3) is 0 Å². The third-order valence-electron chi connectivity index (χ3n) is 6.49. The van der Waals surface area contributed by atoms with Crippen LogP contribution in [0.4, 0.5) is 23.0 Å². The Balaban J connectivity index is 1.33. The van der Waals surface area contributed by atoms with Crippen molar-refractivity contribution in [1.82, 2.24) is 19.9 Å². The van der Waals surface area contributed by atoms with Gasteiger partial charge in [-0.1, -0.05) is 24.3 Å². The molecule has 10 heteroatoms. The average Bonchev–Trinajstić information content (AvgIpc) is 2.97. The highest BCUT2D eigenvalue weighted by Crippen LogP contribution is 2.29. The third kappa shape index (κ3) is 6.78. The minimum absolute atomic E-state index is 0.0142. The number of carbonyl (C=O) groups excluding carboxylic acids is 1. The number of anilines is 4. The first-order valence-corrected chi connectivity index (χ1v) is 13.2. The molecule has 0 saturated carbocycles. The number of ether oxygens (including phenoxy) is 1. The normalized spacial score (nSPS) is 15.6. The van der Waals surface area contributed by atoms with Crippen molar-refractivity contribution in [3.63, 3.8) is 0 Å². The number of para-hydroxylation sites is 1. The smallest absolute Gasteiger partial charge is 0.248 e. The summed E-state index contributed by atoms with van der Waals surface area (Å²) in [6.07, 6.45) is 6.64. The summed E-state index contributed by atoms with van der Waals surface area (Å²) in [5.41, 5.74) is 4.86. The zero-order valence-corrected chi connectivity index (χ0v) is 22.6. The number of nitrogens with zero attached hydrogens (tertiary/aromatic N) is 5. The van der Waals surface area contributed by atoms with Crippen molar-refractivity contribution < 1.29 is 14.6 Å². The number of morpholine rings is 1. The predicted octanol–water partition coefficient (Wildman–Crippen LogP) is 3.69. The van der Waals surface area contributed by atoms with E-state index in [2.05, 4.69) is 25.5 Å². The van der Waals surface area contributed by atoms with Crippen molar-refractivity contribution in [2.45, 2.75) is 6.10 Å². The highest BCUT2D eigenvalue weighted by molar-refractivity contribution is 6.00. The SMILES string of the molecule is CN(C)CC=CC(=O)Nc1ccnc(-c2cccc3cnc(Nc4ccc(N5CCOC(CO)C5)cc4)nc23)c1. The second-order valence-corrected chi connectivity index (χ2v) is 9.81. The molecule has 2 aromatic carbocycles. The number of aliphatic hydroxyl groups is 1. The van der Waals surface area contributed by atoms with Crippen LogP contribution in [0.25, 0.3) is 22.2 Å². The number of hydrogen-bond acceptors (Lipinski definition) is 9. The molecule has 5 rings (SSSR count). The fourth-order valence-electron chi connectivity index (χ4n) is 4.48. The topological polar surface area (TPSA) is 116 Å². The molecular formula is C30H33N7O3. The van der Waals surface area contributed by atoms with Crippen molar-refractivity contribution in [2.24, 2.45) is 0 Å². The molecule has 0 bridgehead atoms. The van der Waals surface area contributed by atoms with Crippen LogP contribution in [0.2, 0.25) is 0 Å². The van der Waals surface area contributed by atoms with Gasteiger partial charge in [0.1, 0.15) is 0 Å². The molecule has 1 aliphatic heterocycles. The van der Waals surface area contributed by atoms with E-state index in [0.717, 1.165) is 34.4 Å². The summed E-state index contributed by atoms with van der Waals surface area (Å²) < 4.78 is 5.56. The lowest BCUT2D eigenvalue weighted by Gasteiger charge is -2.33. The molecule has 40 heavy (non-hydrogen) atoms. The van der Waals surface area contributed by atoms with Crippen molar-refractivity contribution in [3.8, 4) is 11.3 Å². The molecule has 0 radical (unpaired) electrons. The molecule has 1 amide bonds. The van der Waals surface area contributed by atoms with E-state index in [0.29, 0.717) is 37.0 Å². The van der Waals surface area contributed by atoms with Crippen LogP contribution in [0.15, 0.2) is 79.1 Å². The maximum absolute atomic E-state index is 12.3. The number of rotatable bonds is 9. The lowest BCUT2D eigenvalue weighted by molar-refractivity contribution is -0.111. The molecule has 1 aliphatic rings. The number of fused-ring (bicyclic) bond motifs is 1. The predicted molar refractivity (Wildman–Crippen MR) is 158 cm³/mol. The highest BCUT2D eigenvalue weighted by atomic mass is 16.5. The number of amides is 1. The van der Waals surface area contributed by atoms with Gasteiger partial charge in [0.2, 0.25) is 11.9 Å². The molecule has 10 nitrogen and oxygen atoms in total. The second kappa shape index (κ2) is 12.6. The number of benzene rings is 2. The van der Waals surface area contributed by atoms with Gasteiger partial charge in [-0.2, -0.15) is 0 Å². The quantitative estimate of drug-likeness (QED) is 0.274. The summed E-state index contributed by atoms with van der Waals surface area (Å²) >= 11 is 0. The van der Waals surface area contributed by atoms with Crippen LogP contribution in [-0.4, -0.2) is 83.9 Å². The number of hydrogen-bond donors (Lipinski definition) is 3. The second-order valence-electron chi connectivity index (χ2n) is 9.81. The molecule has 4 aromatic rings.